The number of ether oxygens (including phenoxy) is 1. The number of carbonyl (C=O) groups excluding carboxylic acids is 1. The van der Waals surface area contributed by atoms with E-state index in [1.54, 1.807) is 0 Å². The Morgan fingerprint density at radius 3 is 2.42 bits per heavy atom. The number of hydrogen-bond donors (Lipinski definition) is 3. The third kappa shape index (κ3) is 4.38. The van der Waals surface area contributed by atoms with Crippen molar-refractivity contribution in [1.82, 2.24) is 10.3 Å². The molecule has 2 aromatic rings. The molecule has 1 heterocycles. The third-order valence-corrected chi connectivity index (χ3v) is 2.98. The number of pyridine rings is 1. The SMILES string of the molecule is NC(=O)c1ccc(Oc2c(F)cc(CCNC(=O)O)cc2F)nc1. The predicted molar refractivity (Wildman–Crippen MR) is 78.9 cm³/mol. The Labute approximate surface area is 135 Å². The van der Waals surface area contributed by atoms with Crippen LogP contribution in [0.25, 0.3) is 0 Å². The largest absolute Gasteiger partial charge is 0.465 e. The van der Waals surface area contributed by atoms with Crippen LogP contribution in [0.5, 0.6) is 11.6 Å². The molecule has 9 heteroatoms. The molecule has 1 aromatic heterocycles. The van der Waals surface area contributed by atoms with Gasteiger partial charge in [-0.25, -0.2) is 18.6 Å². The highest BCUT2D eigenvalue weighted by Gasteiger charge is 2.15. The number of hydrogen-bond acceptors (Lipinski definition) is 4. The molecule has 0 bridgehead atoms. The van der Waals surface area contributed by atoms with Crippen LogP contribution in [0.4, 0.5) is 13.6 Å². The van der Waals surface area contributed by atoms with Gasteiger partial charge in [-0.2, -0.15) is 0 Å². The molecule has 7 nitrogen and oxygen atoms in total. The summed E-state index contributed by atoms with van der Waals surface area (Å²) in [4.78, 5) is 25.0. The maximum atomic E-state index is 14.0. The van der Waals surface area contributed by atoms with Gasteiger partial charge < -0.3 is 20.9 Å². The van der Waals surface area contributed by atoms with Gasteiger partial charge in [-0.15, -0.1) is 0 Å². The van der Waals surface area contributed by atoms with Gasteiger partial charge in [0.1, 0.15) is 0 Å². The topological polar surface area (TPSA) is 115 Å². The number of aromatic nitrogens is 1. The molecule has 0 aliphatic rings. The standard InChI is InChI=1S/C15H13F2N3O4/c16-10-5-8(3-4-19-15(22)23)6-11(17)13(10)24-12-2-1-9(7-20-12)14(18)21/h1-2,5-7,19H,3-4H2,(H2,18,21)(H,22,23). The average molecular weight is 337 g/mol. The van der Waals surface area contributed by atoms with E-state index in [0.717, 1.165) is 18.3 Å². The fourth-order valence-electron chi connectivity index (χ4n) is 1.86. The van der Waals surface area contributed by atoms with E-state index in [4.69, 9.17) is 15.6 Å². The predicted octanol–water partition coefficient (Wildman–Crippen LogP) is 2.06. The second kappa shape index (κ2) is 7.36. The quantitative estimate of drug-likeness (QED) is 0.746. The summed E-state index contributed by atoms with van der Waals surface area (Å²) < 4.78 is 33.0. The highest BCUT2D eigenvalue weighted by Crippen LogP contribution is 2.27. The molecule has 0 saturated carbocycles. The van der Waals surface area contributed by atoms with Crippen LogP contribution in [0.2, 0.25) is 0 Å². The van der Waals surface area contributed by atoms with Crippen molar-refractivity contribution in [2.24, 2.45) is 5.73 Å². The summed E-state index contributed by atoms with van der Waals surface area (Å²) in [6.07, 6.45) is 0.0205. The maximum absolute atomic E-state index is 14.0. The molecule has 0 spiro atoms. The van der Waals surface area contributed by atoms with E-state index in [-0.39, 0.29) is 30.0 Å². The Morgan fingerprint density at radius 2 is 1.92 bits per heavy atom. The van der Waals surface area contributed by atoms with Crippen molar-refractivity contribution in [3.05, 3.63) is 53.2 Å². The molecule has 0 saturated heterocycles. The van der Waals surface area contributed by atoms with Crippen LogP contribution in [-0.4, -0.2) is 28.6 Å². The number of amides is 2. The number of carboxylic acid groups (broad SMARTS) is 1. The Bertz CT molecular complexity index is 743. The number of rotatable bonds is 6. The highest BCUT2D eigenvalue weighted by atomic mass is 19.1. The smallest absolute Gasteiger partial charge is 0.404 e. The number of nitrogens with zero attached hydrogens (tertiary/aromatic N) is 1. The molecular formula is C15H13F2N3O4. The minimum atomic E-state index is -1.22. The number of benzene rings is 1. The van der Waals surface area contributed by atoms with Crippen molar-refractivity contribution in [2.45, 2.75) is 6.42 Å². The van der Waals surface area contributed by atoms with Gasteiger partial charge >= 0.3 is 6.09 Å². The molecule has 0 unspecified atom stereocenters. The van der Waals surface area contributed by atoms with Crippen LogP contribution >= 0.6 is 0 Å². The molecule has 2 rings (SSSR count). The fraction of sp³-hybridized carbons (Fsp3) is 0.133. The monoisotopic (exact) mass is 337 g/mol. The number of carbonyl (C=O) groups is 2. The summed E-state index contributed by atoms with van der Waals surface area (Å²) in [5, 5.41) is 10.5. The van der Waals surface area contributed by atoms with Crippen molar-refractivity contribution in [3.8, 4) is 11.6 Å². The first-order chi connectivity index (χ1) is 11.4. The second-order valence-electron chi connectivity index (χ2n) is 4.72. The number of nitrogens with two attached hydrogens (primary N) is 1. The Kier molecular flexibility index (Phi) is 5.25. The molecule has 0 radical (unpaired) electrons. The van der Waals surface area contributed by atoms with Gasteiger partial charge in [0.25, 0.3) is 0 Å². The van der Waals surface area contributed by atoms with E-state index in [1.807, 2.05) is 0 Å². The zero-order valence-electron chi connectivity index (χ0n) is 12.3. The first kappa shape index (κ1) is 17.1. The Balaban J connectivity index is 2.12. The average Bonchev–Trinajstić information content (AvgIpc) is 2.51. The molecular weight excluding hydrogens is 324 g/mol. The van der Waals surface area contributed by atoms with E-state index in [0.29, 0.717) is 0 Å². The van der Waals surface area contributed by atoms with Gasteiger partial charge in [0, 0.05) is 18.8 Å². The lowest BCUT2D eigenvalue weighted by atomic mass is 10.1. The first-order valence-electron chi connectivity index (χ1n) is 6.75. The lowest BCUT2D eigenvalue weighted by Crippen LogP contribution is -2.23. The van der Waals surface area contributed by atoms with Crippen LogP contribution in [0.1, 0.15) is 15.9 Å². The van der Waals surface area contributed by atoms with E-state index in [2.05, 4.69) is 10.3 Å². The third-order valence-electron chi connectivity index (χ3n) is 2.98. The van der Waals surface area contributed by atoms with E-state index in [1.165, 1.54) is 12.1 Å². The van der Waals surface area contributed by atoms with Crippen LogP contribution < -0.4 is 15.8 Å². The number of primary amides is 1. The van der Waals surface area contributed by atoms with Gasteiger partial charge in [0.05, 0.1) is 5.56 Å². The van der Waals surface area contributed by atoms with Gasteiger partial charge in [0.15, 0.2) is 11.6 Å². The van der Waals surface area contributed by atoms with Crippen molar-refractivity contribution < 1.29 is 28.2 Å². The van der Waals surface area contributed by atoms with Crippen LogP contribution in [0.15, 0.2) is 30.5 Å². The number of nitrogens with one attached hydrogen (secondary N) is 1. The van der Waals surface area contributed by atoms with Crippen LogP contribution in [0.3, 0.4) is 0 Å². The van der Waals surface area contributed by atoms with Crippen LogP contribution in [0, 0.1) is 11.6 Å². The van der Waals surface area contributed by atoms with Crippen molar-refractivity contribution >= 4 is 12.0 Å². The molecule has 4 N–H and O–H groups in total. The molecule has 0 aliphatic heterocycles. The van der Waals surface area contributed by atoms with E-state index >= 15 is 0 Å². The van der Waals surface area contributed by atoms with Crippen LogP contribution in [-0.2, 0) is 6.42 Å². The highest BCUT2D eigenvalue weighted by molar-refractivity contribution is 5.92. The van der Waals surface area contributed by atoms with E-state index < -0.39 is 29.4 Å². The summed E-state index contributed by atoms with van der Waals surface area (Å²) in [7, 11) is 0. The second-order valence-corrected chi connectivity index (χ2v) is 4.72. The van der Waals surface area contributed by atoms with Gasteiger partial charge in [-0.05, 0) is 30.2 Å². The Hall–Kier alpha value is -3.23. The minimum absolute atomic E-state index is 0.0184. The first-order valence-corrected chi connectivity index (χ1v) is 6.75. The zero-order valence-corrected chi connectivity index (χ0v) is 12.3. The lowest BCUT2D eigenvalue weighted by molar-refractivity contribution is 0.1000. The fourth-order valence-corrected chi connectivity index (χ4v) is 1.86. The molecule has 126 valence electrons. The molecule has 2 amide bonds. The van der Waals surface area contributed by atoms with Gasteiger partial charge in [0.2, 0.25) is 17.5 Å². The Morgan fingerprint density at radius 1 is 1.25 bits per heavy atom. The lowest BCUT2D eigenvalue weighted by Gasteiger charge is -2.09. The molecule has 0 aliphatic carbocycles. The summed E-state index contributed by atoms with van der Waals surface area (Å²) in [6, 6.07) is 4.65. The molecule has 24 heavy (non-hydrogen) atoms. The van der Waals surface area contributed by atoms with Gasteiger partial charge in [-0.3, -0.25) is 4.79 Å². The van der Waals surface area contributed by atoms with Crippen molar-refractivity contribution in [3.63, 3.8) is 0 Å². The summed E-state index contributed by atoms with van der Waals surface area (Å²) >= 11 is 0. The zero-order chi connectivity index (χ0) is 17.7. The minimum Gasteiger partial charge on any atom is -0.465 e. The summed E-state index contributed by atoms with van der Waals surface area (Å²) in [5.41, 5.74) is 5.45. The summed E-state index contributed by atoms with van der Waals surface area (Å²) in [5.74, 6) is -3.37. The summed E-state index contributed by atoms with van der Waals surface area (Å²) in [6.45, 7) is 0.0184. The normalized spacial score (nSPS) is 10.2. The van der Waals surface area contributed by atoms with Crippen molar-refractivity contribution in [2.75, 3.05) is 6.54 Å². The number of halogens is 2. The van der Waals surface area contributed by atoms with Gasteiger partial charge in [-0.1, -0.05) is 0 Å². The molecule has 0 fully saturated rings. The molecule has 1 aromatic carbocycles. The van der Waals surface area contributed by atoms with Crippen molar-refractivity contribution in [1.29, 1.82) is 0 Å². The molecule has 0 atom stereocenters. The van der Waals surface area contributed by atoms with E-state index in [9.17, 15) is 18.4 Å². The maximum Gasteiger partial charge on any atom is 0.404 e.